The molecule has 0 amide bonds. The zero-order valence-electron chi connectivity index (χ0n) is 8.84. The van der Waals surface area contributed by atoms with Crippen molar-refractivity contribution in [1.29, 1.82) is 0 Å². The Morgan fingerprint density at radius 1 is 1.20 bits per heavy atom. The third kappa shape index (κ3) is 3.38. The van der Waals surface area contributed by atoms with Gasteiger partial charge in [-0.1, -0.05) is 11.8 Å². The minimum Gasteiger partial charge on any atom is -0.497 e. The first-order chi connectivity index (χ1) is 7.31. The third-order valence-corrected chi connectivity index (χ3v) is 2.09. The second-order valence-electron chi connectivity index (χ2n) is 2.84. The van der Waals surface area contributed by atoms with Crippen molar-refractivity contribution < 1.29 is 9.47 Å². The second kappa shape index (κ2) is 6.21. The van der Waals surface area contributed by atoms with Crippen molar-refractivity contribution in [2.75, 3.05) is 20.1 Å². The lowest BCUT2D eigenvalue weighted by molar-refractivity contribution is 0.400. The second-order valence-corrected chi connectivity index (χ2v) is 3.11. The molecule has 1 aromatic carbocycles. The summed E-state index contributed by atoms with van der Waals surface area (Å²) in [6.45, 7) is 0. The molecule has 0 aromatic heterocycles. The first-order valence-corrected chi connectivity index (χ1v) is 5.08. The maximum atomic E-state index is 5.47. The van der Waals surface area contributed by atoms with Gasteiger partial charge >= 0.3 is 0 Å². The molecule has 0 aliphatic rings. The van der Waals surface area contributed by atoms with E-state index in [2.05, 4.69) is 11.8 Å². The minimum absolute atomic E-state index is 0.353. The van der Waals surface area contributed by atoms with Crippen LogP contribution in [-0.2, 0) is 6.42 Å². The van der Waals surface area contributed by atoms with Crippen LogP contribution in [0.5, 0.6) is 11.5 Å². The zero-order chi connectivity index (χ0) is 11.1. The molecule has 0 bridgehead atoms. The standard InChI is InChI=1S/C12H13ClO2/c1-14-11-6-7-12(15-2)10(9-11)5-3-4-8-13/h6-7,9H,5,8H2,1-2H3. The Kier molecular flexibility index (Phi) is 4.86. The van der Waals surface area contributed by atoms with E-state index < -0.39 is 0 Å². The van der Waals surface area contributed by atoms with Crippen LogP contribution in [0.1, 0.15) is 5.56 Å². The quantitative estimate of drug-likeness (QED) is 0.580. The summed E-state index contributed by atoms with van der Waals surface area (Å²) in [6, 6.07) is 5.65. The van der Waals surface area contributed by atoms with Gasteiger partial charge in [-0.2, -0.15) is 0 Å². The predicted octanol–water partition coefficient (Wildman–Crippen LogP) is 2.49. The molecular weight excluding hydrogens is 212 g/mol. The fraction of sp³-hybridized carbons (Fsp3) is 0.333. The van der Waals surface area contributed by atoms with Gasteiger partial charge < -0.3 is 9.47 Å². The summed E-state index contributed by atoms with van der Waals surface area (Å²) >= 11 is 5.47. The molecule has 0 fully saturated rings. The molecule has 0 N–H and O–H groups in total. The lowest BCUT2D eigenvalue weighted by Crippen LogP contribution is -1.92. The molecule has 0 saturated heterocycles. The number of hydrogen-bond donors (Lipinski definition) is 0. The maximum Gasteiger partial charge on any atom is 0.123 e. The molecule has 15 heavy (non-hydrogen) atoms. The molecule has 0 heterocycles. The van der Waals surface area contributed by atoms with E-state index in [0.717, 1.165) is 17.1 Å². The highest BCUT2D eigenvalue weighted by molar-refractivity contribution is 6.19. The maximum absolute atomic E-state index is 5.47. The first-order valence-electron chi connectivity index (χ1n) is 4.54. The monoisotopic (exact) mass is 224 g/mol. The van der Waals surface area contributed by atoms with Gasteiger partial charge in [-0.15, -0.1) is 11.6 Å². The van der Waals surface area contributed by atoms with Crippen molar-refractivity contribution >= 4 is 11.6 Å². The lowest BCUT2D eigenvalue weighted by Gasteiger charge is -2.07. The van der Waals surface area contributed by atoms with Gasteiger partial charge in [0.05, 0.1) is 20.1 Å². The SMILES string of the molecule is COc1ccc(OC)c(CC#CCCl)c1. The van der Waals surface area contributed by atoms with Crippen molar-refractivity contribution in [3.63, 3.8) is 0 Å². The molecular formula is C12H13ClO2. The highest BCUT2D eigenvalue weighted by Crippen LogP contribution is 2.23. The molecule has 0 aliphatic carbocycles. The summed E-state index contributed by atoms with van der Waals surface area (Å²) < 4.78 is 10.4. The summed E-state index contributed by atoms with van der Waals surface area (Å²) in [5.41, 5.74) is 1.01. The van der Waals surface area contributed by atoms with E-state index >= 15 is 0 Å². The first kappa shape index (κ1) is 11.7. The zero-order valence-corrected chi connectivity index (χ0v) is 9.60. The van der Waals surface area contributed by atoms with Crippen LogP contribution in [0.2, 0.25) is 0 Å². The van der Waals surface area contributed by atoms with Crippen LogP contribution in [-0.4, -0.2) is 20.1 Å². The number of halogens is 1. The molecule has 0 spiro atoms. The fourth-order valence-electron chi connectivity index (χ4n) is 1.23. The molecule has 1 aromatic rings. The van der Waals surface area contributed by atoms with Crippen LogP contribution in [0.15, 0.2) is 18.2 Å². The lowest BCUT2D eigenvalue weighted by atomic mass is 10.1. The van der Waals surface area contributed by atoms with E-state index in [0.29, 0.717) is 12.3 Å². The van der Waals surface area contributed by atoms with Gasteiger partial charge in [0, 0.05) is 12.0 Å². The summed E-state index contributed by atoms with van der Waals surface area (Å²) in [4.78, 5) is 0. The third-order valence-electron chi connectivity index (χ3n) is 1.96. The Bertz CT molecular complexity index is 377. The molecule has 0 aliphatic heterocycles. The smallest absolute Gasteiger partial charge is 0.123 e. The molecule has 0 radical (unpaired) electrons. The fourth-order valence-corrected chi connectivity index (χ4v) is 1.32. The molecule has 0 unspecified atom stereocenters. The summed E-state index contributed by atoms with van der Waals surface area (Å²) in [5, 5.41) is 0. The average Bonchev–Trinajstić information content (AvgIpc) is 2.29. The van der Waals surface area contributed by atoms with Crippen molar-refractivity contribution in [3.8, 4) is 23.3 Å². The van der Waals surface area contributed by atoms with Crippen LogP contribution in [0, 0.1) is 11.8 Å². The Morgan fingerprint density at radius 2 is 2.00 bits per heavy atom. The summed E-state index contributed by atoms with van der Waals surface area (Å²) in [6.07, 6.45) is 0.618. The summed E-state index contributed by atoms with van der Waals surface area (Å²) in [7, 11) is 3.27. The van der Waals surface area contributed by atoms with Gasteiger partial charge in [-0.3, -0.25) is 0 Å². The Labute approximate surface area is 95.2 Å². The molecule has 0 atom stereocenters. The number of rotatable bonds is 3. The Morgan fingerprint density at radius 3 is 2.60 bits per heavy atom. The average molecular weight is 225 g/mol. The highest BCUT2D eigenvalue weighted by atomic mass is 35.5. The van der Waals surface area contributed by atoms with E-state index in [-0.39, 0.29) is 0 Å². The highest BCUT2D eigenvalue weighted by Gasteiger charge is 2.02. The molecule has 80 valence electrons. The van der Waals surface area contributed by atoms with Gasteiger partial charge in [0.15, 0.2) is 0 Å². The number of ether oxygens (including phenoxy) is 2. The van der Waals surface area contributed by atoms with E-state index in [4.69, 9.17) is 21.1 Å². The Hall–Kier alpha value is -1.33. The number of alkyl halides is 1. The van der Waals surface area contributed by atoms with Gasteiger partial charge in [-0.25, -0.2) is 0 Å². The van der Waals surface area contributed by atoms with Crippen molar-refractivity contribution in [2.45, 2.75) is 6.42 Å². The number of methoxy groups -OCH3 is 2. The van der Waals surface area contributed by atoms with Crippen molar-refractivity contribution in [2.24, 2.45) is 0 Å². The van der Waals surface area contributed by atoms with E-state index in [1.807, 2.05) is 18.2 Å². The molecule has 3 heteroatoms. The van der Waals surface area contributed by atoms with Crippen LogP contribution < -0.4 is 9.47 Å². The van der Waals surface area contributed by atoms with Gasteiger partial charge in [-0.05, 0) is 18.2 Å². The van der Waals surface area contributed by atoms with Gasteiger partial charge in [0.1, 0.15) is 11.5 Å². The van der Waals surface area contributed by atoms with Gasteiger partial charge in [0.2, 0.25) is 0 Å². The van der Waals surface area contributed by atoms with E-state index in [9.17, 15) is 0 Å². The van der Waals surface area contributed by atoms with Gasteiger partial charge in [0.25, 0.3) is 0 Å². The normalized spacial score (nSPS) is 9.00. The summed E-state index contributed by atoms with van der Waals surface area (Å²) in [5.74, 6) is 7.74. The van der Waals surface area contributed by atoms with Crippen LogP contribution in [0.4, 0.5) is 0 Å². The topological polar surface area (TPSA) is 18.5 Å². The minimum atomic E-state index is 0.353. The van der Waals surface area contributed by atoms with Crippen LogP contribution in [0.3, 0.4) is 0 Å². The largest absolute Gasteiger partial charge is 0.497 e. The van der Waals surface area contributed by atoms with E-state index in [1.54, 1.807) is 14.2 Å². The van der Waals surface area contributed by atoms with Crippen molar-refractivity contribution in [3.05, 3.63) is 23.8 Å². The Balaban J connectivity index is 2.90. The molecule has 2 nitrogen and oxygen atoms in total. The van der Waals surface area contributed by atoms with Crippen LogP contribution in [0.25, 0.3) is 0 Å². The molecule has 1 rings (SSSR count). The molecule has 0 saturated carbocycles. The number of benzene rings is 1. The van der Waals surface area contributed by atoms with Crippen molar-refractivity contribution in [1.82, 2.24) is 0 Å². The van der Waals surface area contributed by atoms with Crippen LogP contribution >= 0.6 is 11.6 Å². The predicted molar refractivity (Wildman–Crippen MR) is 61.7 cm³/mol. The number of hydrogen-bond acceptors (Lipinski definition) is 2. The van der Waals surface area contributed by atoms with E-state index in [1.165, 1.54) is 0 Å².